The van der Waals surface area contributed by atoms with E-state index in [2.05, 4.69) is 72.2 Å². The van der Waals surface area contributed by atoms with E-state index >= 15 is 0 Å². The quantitative estimate of drug-likeness (QED) is 0.555. The number of hydrogen-bond acceptors (Lipinski definition) is 0. The minimum absolute atomic E-state index is 0.443. The van der Waals surface area contributed by atoms with Crippen molar-refractivity contribution < 1.29 is 0 Å². The van der Waals surface area contributed by atoms with Crippen molar-refractivity contribution in [1.29, 1.82) is 0 Å². The van der Waals surface area contributed by atoms with Gasteiger partial charge in [0.1, 0.15) is 0 Å². The Labute approximate surface area is 132 Å². The second-order valence-corrected chi connectivity index (χ2v) is 10.1. The van der Waals surface area contributed by atoms with Crippen LogP contribution in [-0.4, -0.2) is 26.3 Å². The Morgan fingerprint density at radius 2 is 1.05 bits per heavy atom. The van der Waals surface area contributed by atoms with Crippen LogP contribution >= 0.6 is 0 Å². The fraction of sp³-hybridized carbons (Fsp3) is 0.111. The van der Waals surface area contributed by atoms with Crippen LogP contribution in [-0.2, 0) is 0 Å². The molecule has 0 radical (unpaired) electrons. The molecule has 0 nitrogen and oxygen atoms in total. The molecule has 0 bridgehead atoms. The zero-order valence-electron chi connectivity index (χ0n) is 11.4. The van der Waals surface area contributed by atoms with Crippen LogP contribution in [0.4, 0.5) is 0 Å². The van der Waals surface area contributed by atoms with Crippen molar-refractivity contribution in [1.82, 2.24) is 0 Å². The van der Waals surface area contributed by atoms with E-state index in [1.807, 2.05) is 13.8 Å². The molecule has 0 spiro atoms. The van der Waals surface area contributed by atoms with Crippen molar-refractivity contribution in [3.8, 4) is 23.7 Å². The summed E-state index contributed by atoms with van der Waals surface area (Å²) in [5.74, 6) is 12.4. The summed E-state index contributed by atoms with van der Waals surface area (Å²) < 4.78 is 2.79. The molecule has 0 saturated carbocycles. The summed E-state index contributed by atoms with van der Waals surface area (Å²) in [7, 11) is 0. The molecular weight excluding hydrogens is 374 g/mol. The van der Waals surface area contributed by atoms with E-state index in [0.29, 0.717) is 26.3 Å². The van der Waals surface area contributed by atoms with Crippen LogP contribution in [0.3, 0.4) is 0 Å². The SMILES string of the molecule is CC#Cc1ccccc1[Se][Se]c1ccccc1C#CC. The molecule has 2 rings (SSSR count). The van der Waals surface area contributed by atoms with Crippen LogP contribution in [0.15, 0.2) is 48.5 Å². The Bertz CT molecular complexity index is 646. The van der Waals surface area contributed by atoms with Gasteiger partial charge in [0.15, 0.2) is 0 Å². The molecule has 0 aliphatic heterocycles. The summed E-state index contributed by atoms with van der Waals surface area (Å²) in [5, 5.41) is 0. The molecule has 0 amide bonds. The third kappa shape index (κ3) is 4.05. The molecule has 98 valence electrons. The van der Waals surface area contributed by atoms with Crippen LogP contribution < -0.4 is 8.92 Å². The molecule has 0 aromatic heterocycles. The monoisotopic (exact) mass is 390 g/mol. The summed E-state index contributed by atoms with van der Waals surface area (Å²) in [4.78, 5) is 0. The first-order valence-electron chi connectivity index (χ1n) is 6.23. The topological polar surface area (TPSA) is 0 Å². The minimum atomic E-state index is 0.443. The van der Waals surface area contributed by atoms with Crippen molar-refractivity contribution in [3.63, 3.8) is 0 Å². The Hall–Kier alpha value is -1.40. The van der Waals surface area contributed by atoms with E-state index in [1.165, 1.54) is 20.1 Å². The van der Waals surface area contributed by atoms with E-state index in [9.17, 15) is 0 Å². The first kappa shape index (κ1) is 15.0. The van der Waals surface area contributed by atoms with Gasteiger partial charge in [0, 0.05) is 0 Å². The molecule has 2 aromatic rings. The van der Waals surface area contributed by atoms with Crippen LogP contribution in [0.25, 0.3) is 0 Å². The van der Waals surface area contributed by atoms with Crippen molar-refractivity contribution in [2.24, 2.45) is 0 Å². The molecule has 0 aliphatic carbocycles. The van der Waals surface area contributed by atoms with Gasteiger partial charge in [-0.15, -0.1) is 0 Å². The van der Waals surface area contributed by atoms with Crippen molar-refractivity contribution in [2.75, 3.05) is 0 Å². The van der Waals surface area contributed by atoms with E-state index in [0.717, 1.165) is 0 Å². The van der Waals surface area contributed by atoms with Gasteiger partial charge in [0.05, 0.1) is 0 Å². The van der Waals surface area contributed by atoms with Gasteiger partial charge < -0.3 is 0 Å². The molecule has 0 unspecified atom stereocenters. The number of hydrogen-bond donors (Lipinski definition) is 0. The second kappa shape index (κ2) is 8.01. The average Bonchev–Trinajstić information content (AvgIpc) is 2.48. The second-order valence-electron chi connectivity index (χ2n) is 3.91. The van der Waals surface area contributed by atoms with Crippen LogP contribution in [0.2, 0.25) is 0 Å². The van der Waals surface area contributed by atoms with Gasteiger partial charge in [-0.2, -0.15) is 0 Å². The van der Waals surface area contributed by atoms with Gasteiger partial charge in [-0.3, -0.25) is 0 Å². The van der Waals surface area contributed by atoms with E-state index in [1.54, 1.807) is 0 Å². The molecule has 0 heterocycles. The zero-order valence-corrected chi connectivity index (χ0v) is 14.9. The number of rotatable bonds is 3. The predicted octanol–water partition coefficient (Wildman–Crippen LogP) is 1.70. The molecule has 0 fully saturated rings. The summed E-state index contributed by atoms with van der Waals surface area (Å²) in [5.41, 5.74) is 2.35. The van der Waals surface area contributed by atoms with E-state index < -0.39 is 0 Å². The standard InChI is InChI=1S/C18H14Se2/c1-3-9-15-11-5-7-13-17(15)19-20-18-14-8-6-12-16(18)10-4-2/h5-8,11-14H,1-2H3. The van der Waals surface area contributed by atoms with Crippen LogP contribution in [0.5, 0.6) is 0 Å². The van der Waals surface area contributed by atoms with Crippen molar-refractivity contribution >= 4 is 35.2 Å². The van der Waals surface area contributed by atoms with Gasteiger partial charge in [0.2, 0.25) is 0 Å². The third-order valence-electron chi connectivity index (χ3n) is 2.51. The van der Waals surface area contributed by atoms with Gasteiger partial charge in [-0.25, -0.2) is 0 Å². The van der Waals surface area contributed by atoms with Gasteiger partial charge in [-0.05, 0) is 0 Å². The summed E-state index contributed by atoms with van der Waals surface area (Å²) >= 11 is 0.887. The zero-order chi connectivity index (χ0) is 14.2. The fourth-order valence-electron chi connectivity index (χ4n) is 1.64. The van der Waals surface area contributed by atoms with Crippen LogP contribution in [0.1, 0.15) is 25.0 Å². The Morgan fingerprint density at radius 3 is 1.45 bits per heavy atom. The normalized spacial score (nSPS) is 9.10. The maximum absolute atomic E-state index is 3.20. The Kier molecular flexibility index (Phi) is 6.01. The molecule has 0 saturated heterocycles. The first-order valence-corrected chi connectivity index (χ1v) is 12.3. The predicted molar refractivity (Wildman–Crippen MR) is 88.8 cm³/mol. The average molecular weight is 388 g/mol. The van der Waals surface area contributed by atoms with Gasteiger partial charge >= 0.3 is 132 Å². The summed E-state index contributed by atoms with van der Waals surface area (Å²) in [6, 6.07) is 17.0. The molecule has 2 aromatic carbocycles. The summed E-state index contributed by atoms with van der Waals surface area (Å²) in [6.45, 7) is 3.78. The molecule has 20 heavy (non-hydrogen) atoms. The molecular formula is C18H14Se2. The maximum atomic E-state index is 3.20. The molecule has 0 N–H and O–H groups in total. The Morgan fingerprint density at radius 1 is 0.650 bits per heavy atom. The molecule has 0 aliphatic rings. The van der Waals surface area contributed by atoms with E-state index in [4.69, 9.17) is 0 Å². The fourth-order valence-corrected chi connectivity index (χ4v) is 8.59. The van der Waals surface area contributed by atoms with Crippen molar-refractivity contribution in [3.05, 3.63) is 59.7 Å². The van der Waals surface area contributed by atoms with E-state index in [-0.39, 0.29) is 0 Å². The van der Waals surface area contributed by atoms with Gasteiger partial charge in [0.25, 0.3) is 0 Å². The van der Waals surface area contributed by atoms with Crippen molar-refractivity contribution in [2.45, 2.75) is 13.8 Å². The van der Waals surface area contributed by atoms with Crippen LogP contribution in [0, 0.1) is 23.7 Å². The molecule has 0 atom stereocenters. The third-order valence-corrected chi connectivity index (χ3v) is 9.76. The number of benzene rings is 2. The Balaban J connectivity index is 2.20. The van der Waals surface area contributed by atoms with Gasteiger partial charge in [-0.1, -0.05) is 0 Å². The summed E-state index contributed by atoms with van der Waals surface area (Å²) in [6.07, 6.45) is 0. The first-order chi connectivity index (χ1) is 9.85. The molecule has 2 heteroatoms.